The first-order chi connectivity index (χ1) is 12.8. The molecule has 3 rings (SSSR count). The van der Waals surface area contributed by atoms with Crippen molar-refractivity contribution < 1.29 is 19.5 Å². The van der Waals surface area contributed by atoms with Crippen molar-refractivity contribution in [2.75, 3.05) is 12.4 Å². The fraction of sp³-hybridized carbons (Fsp3) is 0.0588. The van der Waals surface area contributed by atoms with E-state index in [1.165, 1.54) is 43.5 Å². The maximum absolute atomic E-state index is 12.5. The summed E-state index contributed by atoms with van der Waals surface area (Å²) >= 11 is 6.10. The standard InChI is InChI=1S/C17H12ClN3O6/c1-27-16(24)9-4-2-3-8(5-9)14(22)19-13-6-10-12(7-11(13)18)20-17(25)21(26)15(10)23/h2-7,26H,1H3,(H,19,22)(H,20,25). The molecule has 0 spiro atoms. The third-order valence-electron chi connectivity index (χ3n) is 3.76. The number of esters is 1. The number of hydrogen-bond donors (Lipinski definition) is 3. The van der Waals surface area contributed by atoms with E-state index in [1.807, 2.05) is 0 Å². The molecule has 1 amide bonds. The van der Waals surface area contributed by atoms with E-state index in [9.17, 15) is 24.4 Å². The third-order valence-corrected chi connectivity index (χ3v) is 4.07. The van der Waals surface area contributed by atoms with E-state index in [2.05, 4.69) is 15.0 Å². The molecule has 0 aliphatic heterocycles. The molecule has 0 unspecified atom stereocenters. The van der Waals surface area contributed by atoms with Gasteiger partial charge in [0.2, 0.25) is 0 Å². The van der Waals surface area contributed by atoms with E-state index < -0.39 is 23.1 Å². The quantitative estimate of drug-likeness (QED) is 0.461. The first-order valence-corrected chi connectivity index (χ1v) is 7.87. The zero-order valence-corrected chi connectivity index (χ0v) is 14.5. The van der Waals surface area contributed by atoms with Gasteiger partial charge in [-0.25, -0.2) is 9.59 Å². The van der Waals surface area contributed by atoms with Gasteiger partial charge in [-0.05, 0) is 30.3 Å². The maximum atomic E-state index is 12.5. The van der Waals surface area contributed by atoms with Crippen molar-refractivity contribution in [1.29, 1.82) is 0 Å². The van der Waals surface area contributed by atoms with Crippen LogP contribution in [0.2, 0.25) is 5.02 Å². The van der Waals surface area contributed by atoms with Gasteiger partial charge >= 0.3 is 11.7 Å². The highest BCUT2D eigenvalue weighted by Crippen LogP contribution is 2.26. The largest absolute Gasteiger partial charge is 0.465 e. The first kappa shape index (κ1) is 18.2. The molecule has 0 radical (unpaired) electrons. The lowest BCUT2D eigenvalue weighted by Crippen LogP contribution is -2.33. The monoisotopic (exact) mass is 389 g/mol. The van der Waals surface area contributed by atoms with Crippen molar-refractivity contribution in [1.82, 2.24) is 9.71 Å². The summed E-state index contributed by atoms with van der Waals surface area (Å²) in [7, 11) is 1.22. The van der Waals surface area contributed by atoms with Gasteiger partial charge in [0.05, 0.1) is 34.3 Å². The number of carbonyl (C=O) groups is 2. The zero-order valence-electron chi connectivity index (χ0n) is 13.8. The summed E-state index contributed by atoms with van der Waals surface area (Å²) in [6, 6.07) is 8.33. The minimum absolute atomic E-state index is 0.0555. The fourth-order valence-electron chi connectivity index (χ4n) is 2.42. The molecule has 1 heterocycles. The van der Waals surface area contributed by atoms with Crippen LogP contribution in [0.3, 0.4) is 0 Å². The van der Waals surface area contributed by atoms with E-state index >= 15 is 0 Å². The van der Waals surface area contributed by atoms with Gasteiger partial charge in [0.25, 0.3) is 11.5 Å². The SMILES string of the molecule is COC(=O)c1cccc(C(=O)Nc2cc3c(=O)n(O)c(=O)[nH]c3cc2Cl)c1. The van der Waals surface area contributed by atoms with Crippen molar-refractivity contribution in [2.24, 2.45) is 0 Å². The van der Waals surface area contributed by atoms with Crippen LogP contribution in [-0.4, -0.2) is 33.9 Å². The Morgan fingerprint density at radius 2 is 1.89 bits per heavy atom. The average Bonchev–Trinajstić information content (AvgIpc) is 2.67. The van der Waals surface area contributed by atoms with Crippen LogP contribution in [0.15, 0.2) is 46.0 Å². The summed E-state index contributed by atoms with van der Waals surface area (Å²) in [5, 5.41) is 12.0. The van der Waals surface area contributed by atoms with E-state index in [0.717, 1.165) is 0 Å². The van der Waals surface area contributed by atoms with E-state index in [1.54, 1.807) is 0 Å². The number of aromatic amines is 1. The molecule has 0 atom stereocenters. The van der Waals surface area contributed by atoms with Gasteiger partial charge in [-0.15, -0.1) is 0 Å². The van der Waals surface area contributed by atoms with Crippen LogP contribution >= 0.6 is 11.6 Å². The van der Waals surface area contributed by atoms with Crippen LogP contribution in [0.25, 0.3) is 10.9 Å². The lowest BCUT2D eigenvalue weighted by atomic mass is 10.1. The molecular weight excluding hydrogens is 378 g/mol. The van der Waals surface area contributed by atoms with Gasteiger partial charge in [-0.2, -0.15) is 0 Å². The molecule has 1 aromatic heterocycles. The number of methoxy groups -OCH3 is 1. The van der Waals surface area contributed by atoms with Crippen molar-refractivity contribution in [3.8, 4) is 0 Å². The number of H-pyrrole nitrogens is 1. The lowest BCUT2D eigenvalue weighted by molar-refractivity contribution is 0.0600. The van der Waals surface area contributed by atoms with E-state index in [-0.39, 0.29) is 37.5 Å². The Kier molecular flexibility index (Phi) is 4.70. The van der Waals surface area contributed by atoms with Crippen LogP contribution in [0.4, 0.5) is 5.69 Å². The van der Waals surface area contributed by atoms with Gasteiger partial charge in [0.15, 0.2) is 0 Å². The van der Waals surface area contributed by atoms with Gasteiger partial charge in [-0.1, -0.05) is 22.4 Å². The number of fused-ring (bicyclic) bond motifs is 1. The number of benzene rings is 2. The number of rotatable bonds is 3. The molecule has 9 nitrogen and oxygen atoms in total. The molecule has 0 aliphatic carbocycles. The van der Waals surface area contributed by atoms with Gasteiger partial charge in [-0.3, -0.25) is 9.59 Å². The Bertz CT molecular complexity index is 1200. The highest BCUT2D eigenvalue weighted by molar-refractivity contribution is 6.34. The molecule has 138 valence electrons. The van der Waals surface area contributed by atoms with Gasteiger partial charge in [0.1, 0.15) is 0 Å². The number of halogens is 1. The lowest BCUT2D eigenvalue weighted by Gasteiger charge is -2.10. The summed E-state index contributed by atoms with van der Waals surface area (Å²) in [4.78, 5) is 49.8. The Balaban J connectivity index is 2.00. The molecule has 3 aromatic rings. The molecule has 0 aliphatic rings. The number of hydrogen-bond acceptors (Lipinski definition) is 6. The summed E-state index contributed by atoms with van der Waals surface area (Å²) in [6.45, 7) is 0. The van der Waals surface area contributed by atoms with Crippen LogP contribution in [0, 0.1) is 0 Å². The van der Waals surface area contributed by atoms with Crippen LogP contribution in [0.5, 0.6) is 0 Å². The minimum Gasteiger partial charge on any atom is -0.465 e. The van der Waals surface area contributed by atoms with E-state index in [0.29, 0.717) is 0 Å². The third kappa shape index (κ3) is 3.40. The summed E-state index contributed by atoms with van der Waals surface area (Å²) in [5.41, 5.74) is -1.44. The second kappa shape index (κ2) is 6.96. The second-order valence-electron chi connectivity index (χ2n) is 5.45. The number of carbonyl (C=O) groups excluding carboxylic acids is 2. The van der Waals surface area contributed by atoms with Crippen molar-refractivity contribution in [3.05, 3.63) is 73.4 Å². The predicted molar refractivity (Wildman–Crippen MR) is 96.8 cm³/mol. The Labute approximate surface area is 155 Å². The molecular formula is C17H12ClN3O6. The number of amides is 1. The molecule has 27 heavy (non-hydrogen) atoms. The average molecular weight is 390 g/mol. The van der Waals surface area contributed by atoms with Crippen molar-refractivity contribution >= 4 is 40.1 Å². The molecule has 3 N–H and O–H groups in total. The van der Waals surface area contributed by atoms with Crippen LogP contribution in [-0.2, 0) is 4.74 Å². The van der Waals surface area contributed by atoms with E-state index in [4.69, 9.17) is 11.6 Å². The van der Waals surface area contributed by atoms with Gasteiger partial charge in [0, 0.05) is 5.56 Å². The molecule has 0 saturated heterocycles. The Morgan fingerprint density at radius 1 is 1.19 bits per heavy atom. The van der Waals surface area contributed by atoms with Crippen LogP contribution < -0.4 is 16.6 Å². The zero-order chi connectivity index (χ0) is 19.7. The smallest absolute Gasteiger partial charge is 0.362 e. The number of nitrogens with one attached hydrogen (secondary N) is 2. The highest BCUT2D eigenvalue weighted by atomic mass is 35.5. The molecule has 10 heteroatoms. The maximum Gasteiger partial charge on any atom is 0.362 e. The topological polar surface area (TPSA) is 130 Å². The fourth-order valence-corrected chi connectivity index (χ4v) is 2.63. The molecule has 0 bridgehead atoms. The first-order valence-electron chi connectivity index (χ1n) is 7.49. The summed E-state index contributed by atoms with van der Waals surface area (Å²) in [5.74, 6) is -1.18. The number of nitrogens with zero attached hydrogens (tertiary/aromatic N) is 1. The van der Waals surface area contributed by atoms with Gasteiger partial charge < -0.3 is 20.2 Å². The molecule has 0 fully saturated rings. The summed E-state index contributed by atoms with van der Waals surface area (Å²) in [6.07, 6.45) is 0. The second-order valence-corrected chi connectivity index (χ2v) is 5.86. The molecule has 2 aromatic carbocycles. The summed E-state index contributed by atoms with van der Waals surface area (Å²) < 4.78 is 4.53. The van der Waals surface area contributed by atoms with Crippen molar-refractivity contribution in [3.63, 3.8) is 0 Å². The molecule has 0 saturated carbocycles. The number of ether oxygens (including phenoxy) is 1. The Morgan fingerprint density at radius 3 is 2.59 bits per heavy atom. The highest BCUT2D eigenvalue weighted by Gasteiger charge is 2.15. The van der Waals surface area contributed by atoms with Crippen LogP contribution in [0.1, 0.15) is 20.7 Å². The van der Waals surface area contributed by atoms with Crippen molar-refractivity contribution in [2.45, 2.75) is 0 Å². The Hall–Kier alpha value is -3.59. The minimum atomic E-state index is -1.01. The predicted octanol–water partition coefficient (Wildman–Crippen LogP) is 1.62. The number of anilines is 1. The normalized spacial score (nSPS) is 10.6. The number of aromatic nitrogens is 2.